The van der Waals surface area contributed by atoms with Gasteiger partial charge in [-0.05, 0) is 51.5 Å². The fourth-order valence-electron chi connectivity index (χ4n) is 3.31. The van der Waals surface area contributed by atoms with Gasteiger partial charge in [0, 0.05) is 6.42 Å². The molecule has 1 saturated heterocycles. The van der Waals surface area contributed by atoms with Gasteiger partial charge in [0.25, 0.3) is 0 Å². The topological polar surface area (TPSA) is 38.3 Å². The minimum absolute atomic E-state index is 0.0179. The molecule has 0 aromatic carbocycles. The second-order valence-corrected chi connectivity index (χ2v) is 7.41. The van der Waals surface area contributed by atoms with Gasteiger partial charge in [-0.15, -0.1) is 0 Å². The number of unbranched alkanes of at least 4 members (excludes halogenated alkanes) is 11. The average molecular weight is 352 g/mol. The number of ether oxygens (including phenoxy) is 1. The summed E-state index contributed by atoms with van der Waals surface area (Å²) in [6.45, 7) is 3.25. The Balaban J connectivity index is 1.76. The van der Waals surface area contributed by atoms with Crippen molar-refractivity contribution in [2.45, 2.75) is 116 Å². The summed E-state index contributed by atoms with van der Waals surface area (Å²) in [5.41, 5.74) is 0. The molecule has 25 heavy (non-hydrogen) atoms. The van der Waals surface area contributed by atoms with E-state index in [4.69, 9.17) is 4.74 Å². The Hall–Kier alpha value is -0.830. The maximum absolute atomic E-state index is 11.7. The third-order valence-corrected chi connectivity index (χ3v) is 4.93. The van der Waals surface area contributed by atoms with Crippen LogP contribution >= 0.6 is 0 Å². The SMILES string of the molecule is CCCCCCCC/C=C\CCCCCCCC(=O)OC1CCCN1. The molecule has 3 nitrogen and oxygen atoms in total. The molecule has 1 atom stereocenters. The third kappa shape index (κ3) is 14.1. The first kappa shape index (κ1) is 22.2. The molecule has 0 aromatic heterocycles. The van der Waals surface area contributed by atoms with Crippen LogP contribution in [0.3, 0.4) is 0 Å². The molecule has 1 unspecified atom stereocenters. The Morgan fingerprint density at radius 2 is 1.52 bits per heavy atom. The molecular formula is C22H41NO2. The first-order valence-electron chi connectivity index (χ1n) is 10.9. The largest absolute Gasteiger partial charge is 0.447 e. The fourth-order valence-corrected chi connectivity index (χ4v) is 3.31. The molecule has 1 fully saturated rings. The monoisotopic (exact) mass is 351 g/mol. The summed E-state index contributed by atoms with van der Waals surface area (Å²) >= 11 is 0. The van der Waals surface area contributed by atoms with Crippen LogP contribution in [-0.4, -0.2) is 18.7 Å². The number of rotatable bonds is 16. The van der Waals surface area contributed by atoms with Gasteiger partial charge in [-0.1, -0.05) is 70.4 Å². The van der Waals surface area contributed by atoms with Gasteiger partial charge >= 0.3 is 5.97 Å². The molecular weight excluding hydrogens is 310 g/mol. The van der Waals surface area contributed by atoms with Gasteiger partial charge in [0.1, 0.15) is 0 Å². The molecule has 1 aliphatic rings. The maximum atomic E-state index is 11.7. The fraction of sp³-hybridized carbons (Fsp3) is 0.864. The molecule has 0 saturated carbocycles. The summed E-state index contributed by atoms with van der Waals surface area (Å²) in [6.07, 6.45) is 24.1. The first-order valence-corrected chi connectivity index (χ1v) is 10.9. The van der Waals surface area contributed by atoms with Crippen LogP contribution in [0.1, 0.15) is 110 Å². The van der Waals surface area contributed by atoms with Crippen molar-refractivity contribution >= 4 is 5.97 Å². The number of hydrogen-bond donors (Lipinski definition) is 1. The van der Waals surface area contributed by atoms with Crippen molar-refractivity contribution < 1.29 is 9.53 Å². The number of esters is 1. The molecule has 0 aromatic rings. The van der Waals surface area contributed by atoms with E-state index in [0.717, 1.165) is 32.2 Å². The van der Waals surface area contributed by atoms with Crippen LogP contribution in [0, 0.1) is 0 Å². The van der Waals surface area contributed by atoms with E-state index in [1.165, 1.54) is 70.6 Å². The molecule has 0 spiro atoms. The lowest BCUT2D eigenvalue weighted by molar-refractivity contribution is -0.149. The van der Waals surface area contributed by atoms with Crippen molar-refractivity contribution in [2.75, 3.05) is 6.54 Å². The zero-order chi connectivity index (χ0) is 18.0. The van der Waals surface area contributed by atoms with Gasteiger partial charge in [-0.25, -0.2) is 0 Å². The third-order valence-electron chi connectivity index (χ3n) is 4.93. The van der Waals surface area contributed by atoms with Crippen molar-refractivity contribution in [1.29, 1.82) is 0 Å². The van der Waals surface area contributed by atoms with Crippen molar-refractivity contribution in [2.24, 2.45) is 0 Å². The summed E-state index contributed by atoms with van der Waals surface area (Å²) in [5, 5.41) is 3.19. The molecule has 0 radical (unpaired) electrons. The van der Waals surface area contributed by atoms with Gasteiger partial charge in [-0.3, -0.25) is 10.1 Å². The van der Waals surface area contributed by atoms with E-state index in [9.17, 15) is 4.79 Å². The highest BCUT2D eigenvalue weighted by atomic mass is 16.6. The van der Waals surface area contributed by atoms with Crippen molar-refractivity contribution in [3.63, 3.8) is 0 Å². The Morgan fingerprint density at radius 3 is 2.12 bits per heavy atom. The van der Waals surface area contributed by atoms with Crippen LogP contribution in [-0.2, 0) is 9.53 Å². The van der Waals surface area contributed by atoms with E-state index >= 15 is 0 Å². The van der Waals surface area contributed by atoms with Gasteiger partial charge in [-0.2, -0.15) is 0 Å². The van der Waals surface area contributed by atoms with Crippen LogP contribution in [0.15, 0.2) is 12.2 Å². The highest BCUT2D eigenvalue weighted by Crippen LogP contribution is 2.12. The van der Waals surface area contributed by atoms with Crippen LogP contribution in [0.4, 0.5) is 0 Å². The Morgan fingerprint density at radius 1 is 0.920 bits per heavy atom. The summed E-state index contributed by atoms with van der Waals surface area (Å²) in [5.74, 6) is -0.0305. The lowest BCUT2D eigenvalue weighted by Gasteiger charge is -2.11. The van der Waals surface area contributed by atoms with E-state index in [0.29, 0.717) is 6.42 Å². The van der Waals surface area contributed by atoms with E-state index in [1.807, 2.05) is 0 Å². The molecule has 1 aliphatic heterocycles. The van der Waals surface area contributed by atoms with E-state index < -0.39 is 0 Å². The maximum Gasteiger partial charge on any atom is 0.307 e. The molecule has 1 heterocycles. The zero-order valence-electron chi connectivity index (χ0n) is 16.6. The van der Waals surface area contributed by atoms with E-state index in [-0.39, 0.29) is 12.2 Å². The molecule has 3 heteroatoms. The summed E-state index contributed by atoms with van der Waals surface area (Å²) in [7, 11) is 0. The highest BCUT2D eigenvalue weighted by Gasteiger charge is 2.17. The molecule has 146 valence electrons. The number of carbonyl (C=O) groups excluding carboxylic acids is 1. The van der Waals surface area contributed by atoms with Crippen LogP contribution < -0.4 is 5.32 Å². The molecule has 0 bridgehead atoms. The van der Waals surface area contributed by atoms with Gasteiger partial charge in [0.05, 0.1) is 0 Å². The summed E-state index contributed by atoms with van der Waals surface area (Å²) < 4.78 is 5.37. The zero-order valence-corrected chi connectivity index (χ0v) is 16.6. The quantitative estimate of drug-likeness (QED) is 0.202. The number of hydrogen-bond acceptors (Lipinski definition) is 3. The van der Waals surface area contributed by atoms with Gasteiger partial charge in [0.2, 0.25) is 0 Å². The van der Waals surface area contributed by atoms with Crippen molar-refractivity contribution in [1.82, 2.24) is 5.32 Å². The van der Waals surface area contributed by atoms with Gasteiger partial charge in [0.15, 0.2) is 6.23 Å². The van der Waals surface area contributed by atoms with Crippen molar-refractivity contribution in [3.8, 4) is 0 Å². The van der Waals surface area contributed by atoms with E-state index in [2.05, 4.69) is 24.4 Å². The van der Waals surface area contributed by atoms with Crippen LogP contribution in [0.2, 0.25) is 0 Å². The molecule has 0 aliphatic carbocycles. The normalized spacial score (nSPS) is 17.4. The van der Waals surface area contributed by atoms with Gasteiger partial charge < -0.3 is 4.74 Å². The second-order valence-electron chi connectivity index (χ2n) is 7.41. The van der Waals surface area contributed by atoms with Crippen LogP contribution in [0.25, 0.3) is 0 Å². The highest BCUT2D eigenvalue weighted by molar-refractivity contribution is 5.69. The average Bonchev–Trinajstić information content (AvgIpc) is 3.11. The Labute approximate surface area is 156 Å². The number of carbonyl (C=O) groups is 1. The van der Waals surface area contributed by atoms with Crippen LogP contribution in [0.5, 0.6) is 0 Å². The number of nitrogens with one attached hydrogen (secondary N) is 1. The molecule has 1 N–H and O–H groups in total. The predicted octanol–water partition coefficient (Wildman–Crippen LogP) is 6.28. The lowest BCUT2D eigenvalue weighted by atomic mass is 10.1. The second kappa shape index (κ2) is 16.6. The summed E-state index contributed by atoms with van der Waals surface area (Å²) in [4.78, 5) is 11.7. The smallest absolute Gasteiger partial charge is 0.307 e. The van der Waals surface area contributed by atoms with Crippen molar-refractivity contribution in [3.05, 3.63) is 12.2 Å². The molecule has 0 amide bonds. The standard InChI is InChI=1S/C22H41NO2/c1-2-3-4-5-6-7-8-9-10-11-12-13-14-15-16-19-22(24)25-21-18-17-20-23-21/h9-10,21,23H,2-8,11-20H2,1H3/b10-9-. The molecule has 1 rings (SSSR count). The predicted molar refractivity (Wildman–Crippen MR) is 107 cm³/mol. The lowest BCUT2D eigenvalue weighted by Crippen LogP contribution is -2.27. The summed E-state index contributed by atoms with van der Waals surface area (Å²) in [6, 6.07) is 0. The Kier molecular flexibility index (Phi) is 14.8. The minimum Gasteiger partial charge on any atom is -0.447 e. The van der Waals surface area contributed by atoms with E-state index in [1.54, 1.807) is 0 Å². The minimum atomic E-state index is -0.0305. The Bertz CT molecular complexity index is 335. The number of allylic oxidation sites excluding steroid dienone is 2. The first-order chi connectivity index (χ1) is 12.3.